The van der Waals surface area contributed by atoms with Gasteiger partial charge in [-0.2, -0.15) is 0 Å². The van der Waals surface area contributed by atoms with E-state index in [0.717, 1.165) is 6.42 Å². The van der Waals surface area contributed by atoms with Crippen LogP contribution in [0.4, 0.5) is 0 Å². The van der Waals surface area contributed by atoms with Crippen molar-refractivity contribution in [2.24, 2.45) is 4.99 Å². The van der Waals surface area contributed by atoms with Gasteiger partial charge in [0.05, 0.1) is 6.04 Å². The van der Waals surface area contributed by atoms with Crippen molar-refractivity contribution in [2.45, 2.75) is 52.5 Å². The van der Waals surface area contributed by atoms with Crippen molar-refractivity contribution in [3.63, 3.8) is 0 Å². The smallest absolute Gasteiger partial charge is 0.0755 e. The molecule has 0 saturated carbocycles. The van der Waals surface area contributed by atoms with Gasteiger partial charge in [-0.25, -0.2) is 0 Å². The quantitative estimate of drug-likeness (QED) is 0.671. The Balaban J connectivity index is 2.01. The largest absolute Gasteiger partial charge is 0.281 e. The molecule has 1 heterocycles. The summed E-state index contributed by atoms with van der Waals surface area (Å²) >= 11 is 0. The van der Waals surface area contributed by atoms with Gasteiger partial charge in [-0.3, -0.25) is 4.99 Å². The van der Waals surface area contributed by atoms with Crippen LogP contribution in [0.25, 0.3) is 0 Å². The van der Waals surface area contributed by atoms with E-state index in [9.17, 15) is 0 Å². The molecule has 3 rings (SSSR count). The fourth-order valence-corrected chi connectivity index (χ4v) is 3.47. The first-order chi connectivity index (χ1) is 10.6. The van der Waals surface area contributed by atoms with E-state index in [2.05, 4.69) is 63.2 Å². The predicted octanol–water partition coefficient (Wildman–Crippen LogP) is 5.72. The summed E-state index contributed by atoms with van der Waals surface area (Å²) in [6, 6.07) is 15.7. The zero-order valence-corrected chi connectivity index (χ0v) is 13.9. The molecule has 0 aromatic heterocycles. The van der Waals surface area contributed by atoms with Crippen LogP contribution in [-0.2, 0) is 0 Å². The van der Waals surface area contributed by atoms with Crippen LogP contribution in [0.2, 0.25) is 0 Å². The van der Waals surface area contributed by atoms with Crippen LogP contribution in [-0.4, -0.2) is 5.71 Å². The van der Waals surface area contributed by atoms with Crippen LogP contribution in [0.5, 0.6) is 0 Å². The normalized spacial score (nSPS) is 18.7. The number of hydrogen-bond donors (Lipinski definition) is 0. The summed E-state index contributed by atoms with van der Waals surface area (Å²) in [4.78, 5) is 5.18. The Hall–Kier alpha value is -1.89. The molecule has 0 spiro atoms. The van der Waals surface area contributed by atoms with Gasteiger partial charge in [-0.1, -0.05) is 54.4 Å². The van der Waals surface area contributed by atoms with Crippen molar-refractivity contribution in [1.82, 2.24) is 0 Å². The van der Waals surface area contributed by atoms with Gasteiger partial charge < -0.3 is 0 Å². The van der Waals surface area contributed by atoms with Crippen LogP contribution in [0.15, 0.2) is 47.5 Å². The lowest BCUT2D eigenvalue weighted by molar-refractivity contribution is 0.615. The van der Waals surface area contributed by atoms with Gasteiger partial charge in [0.1, 0.15) is 0 Å². The van der Waals surface area contributed by atoms with Crippen molar-refractivity contribution in [3.05, 3.63) is 70.3 Å². The number of rotatable bonds is 2. The van der Waals surface area contributed by atoms with E-state index in [-0.39, 0.29) is 0 Å². The molecule has 22 heavy (non-hydrogen) atoms. The first kappa shape index (κ1) is 15.0. The van der Waals surface area contributed by atoms with E-state index in [0.29, 0.717) is 6.04 Å². The minimum absolute atomic E-state index is 0.317. The third kappa shape index (κ3) is 3.14. The van der Waals surface area contributed by atoms with E-state index >= 15 is 0 Å². The molecule has 1 aliphatic rings. The lowest BCUT2D eigenvalue weighted by Gasteiger charge is -2.16. The average molecular weight is 291 g/mol. The van der Waals surface area contributed by atoms with Gasteiger partial charge in [-0.05, 0) is 62.3 Å². The van der Waals surface area contributed by atoms with Crippen LogP contribution in [0.1, 0.15) is 59.5 Å². The van der Waals surface area contributed by atoms with E-state index in [1.165, 1.54) is 52.8 Å². The van der Waals surface area contributed by atoms with Gasteiger partial charge in [0.15, 0.2) is 0 Å². The van der Waals surface area contributed by atoms with Gasteiger partial charge in [-0.15, -0.1) is 0 Å². The summed E-state index contributed by atoms with van der Waals surface area (Å²) in [7, 11) is 0. The highest BCUT2D eigenvalue weighted by Gasteiger charge is 2.18. The summed E-state index contributed by atoms with van der Waals surface area (Å²) in [6.45, 7) is 6.57. The molecule has 0 bridgehead atoms. The van der Waals surface area contributed by atoms with Crippen LogP contribution in [0, 0.1) is 20.8 Å². The Morgan fingerprint density at radius 1 is 0.909 bits per heavy atom. The predicted molar refractivity (Wildman–Crippen MR) is 94.8 cm³/mol. The van der Waals surface area contributed by atoms with Crippen molar-refractivity contribution in [3.8, 4) is 0 Å². The summed E-state index contributed by atoms with van der Waals surface area (Å²) in [5, 5.41) is 0. The summed E-state index contributed by atoms with van der Waals surface area (Å²) in [5.74, 6) is 0. The van der Waals surface area contributed by atoms with Gasteiger partial charge in [0, 0.05) is 5.71 Å². The summed E-state index contributed by atoms with van der Waals surface area (Å²) in [6.07, 6.45) is 4.77. The second kappa shape index (κ2) is 6.48. The van der Waals surface area contributed by atoms with E-state index in [1.54, 1.807) is 0 Å². The Morgan fingerprint density at radius 2 is 1.73 bits per heavy atom. The molecule has 0 amide bonds. The monoisotopic (exact) mass is 291 g/mol. The highest BCUT2D eigenvalue weighted by Crippen LogP contribution is 2.31. The molecule has 2 aromatic rings. The molecule has 2 aromatic carbocycles. The van der Waals surface area contributed by atoms with Crippen molar-refractivity contribution >= 4 is 5.71 Å². The lowest BCUT2D eigenvalue weighted by atomic mass is 9.96. The molecule has 1 heteroatoms. The molecule has 1 atom stereocenters. The Labute approximate surface area is 134 Å². The van der Waals surface area contributed by atoms with Crippen molar-refractivity contribution in [1.29, 1.82) is 0 Å². The minimum Gasteiger partial charge on any atom is -0.281 e. The van der Waals surface area contributed by atoms with Gasteiger partial charge in [0.25, 0.3) is 0 Å². The second-order valence-electron chi connectivity index (χ2n) is 6.51. The maximum absolute atomic E-state index is 5.18. The molecule has 0 aliphatic carbocycles. The highest BCUT2D eigenvalue weighted by atomic mass is 14.8. The molecule has 1 unspecified atom stereocenters. The fourth-order valence-electron chi connectivity index (χ4n) is 3.47. The molecule has 0 fully saturated rings. The summed E-state index contributed by atoms with van der Waals surface area (Å²) < 4.78 is 0. The van der Waals surface area contributed by atoms with Crippen molar-refractivity contribution in [2.75, 3.05) is 0 Å². The number of nitrogens with zero attached hydrogens (tertiary/aromatic N) is 1. The van der Waals surface area contributed by atoms with Crippen LogP contribution in [0.3, 0.4) is 0 Å². The van der Waals surface area contributed by atoms with Crippen molar-refractivity contribution < 1.29 is 0 Å². The first-order valence-electron chi connectivity index (χ1n) is 8.35. The zero-order chi connectivity index (χ0) is 15.5. The Morgan fingerprint density at radius 3 is 2.50 bits per heavy atom. The minimum atomic E-state index is 0.317. The molecule has 1 nitrogen and oxygen atoms in total. The third-order valence-electron chi connectivity index (χ3n) is 4.69. The second-order valence-corrected chi connectivity index (χ2v) is 6.51. The molecule has 0 N–H and O–H groups in total. The highest BCUT2D eigenvalue weighted by molar-refractivity contribution is 6.02. The fraction of sp³-hybridized carbons (Fsp3) is 0.381. The maximum atomic E-state index is 5.18. The maximum Gasteiger partial charge on any atom is 0.0755 e. The first-order valence-corrected chi connectivity index (χ1v) is 8.35. The molecule has 1 aliphatic heterocycles. The molecule has 0 saturated heterocycles. The van der Waals surface area contributed by atoms with E-state index in [4.69, 9.17) is 4.99 Å². The van der Waals surface area contributed by atoms with E-state index < -0.39 is 0 Å². The zero-order valence-electron chi connectivity index (χ0n) is 13.9. The molecule has 114 valence electrons. The lowest BCUT2D eigenvalue weighted by Crippen LogP contribution is -2.05. The Kier molecular flexibility index (Phi) is 4.42. The van der Waals surface area contributed by atoms with Crippen LogP contribution < -0.4 is 0 Å². The third-order valence-corrected chi connectivity index (χ3v) is 4.69. The SMILES string of the molecule is Cc1ccc(C2CCCCC(c3ccccc3C)=N2)c(C)c1. The molecular weight excluding hydrogens is 266 g/mol. The summed E-state index contributed by atoms with van der Waals surface area (Å²) in [5.41, 5.74) is 8.07. The topological polar surface area (TPSA) is 12.4 Å². The van der Waals surface area contributed by atoms with Gasteiger partial charge in [0.2, 0.25) is 0 Å². The average Bonchev–Trinajstić information content (AvgIpc) is 2.73. The Bertz CT molecular complexity index is 697. The van der Waals surface area contributed by atoms with E-state index in [1.807, 2.05) is 0 Å². The van der Waals surface area contributed by atoms with Gasteiger partial charge >= 0.3 is 0 Å². The number of hydrogen-bond acceptors (Lipinski definition) is 1. The number of benzene rings is 2. The number of aliphatic imine (C=N–C) groups is 1. The molecular formula is C21H25N. The van der Waals surface area contributed by atoms with Crippen LogP contribution >= 0.6 is 0 Å². The number of aryl methyl sites for hydroxylation is 3. The standard InChI is InChI=1S/C21H25N/c1-15-12-13-19(17(3)14-15)21-11-7-6-10-20(22-21)18-9-5-4-8-16(18)2/h4-5,8-9,12-14,21H,6-7,10-11H2,1-3H3. The molecule has 0 radical (unpaired) electrons.